The second-order valence-electron chi connectivity index (χ2n) is 10.4. The molecule has 1 heteroatoms. The fourth-order valence-electron chi connectivity index (χ4n) is 4.77. The van der Waals surface area contributed by atoms with Crippen LogP contribution in [0.25, 0.3) is 0 Å². The highest BCUT2D eigenvalue weighted by atomic mass is 14.9. The van der Waals surface area contributed by atoms with Crippen molar-refractivity contribution in [3.05, 3.63) is 42.1 Å². The van der Waals surface area contributed by atoms with Crippen LogP contribution in [0.5, 0.6) is 0 Å². The molecule has 0 aromatic heterocycles. The summed E-state index contributed by atoms with van der Waals surface area (Å²) in [4.78, 5) is 0. The van der Waals surface area contributed by atoms with Crippen LogP contribution in [0.1, 0.15) is 172 Å². The first-order valence-corrected chi connectivity index (χ1v) is 17.0. The average Bonchev–Trinajstić information content (AvgIpc) is 2.97. The first-order valence-electron chi connectivity index (χ1n) is 17.0. The highest BCUT2D eigenvalue weighted by Crippen LogP contribution is 2.24. The summed E-state index contributed by atoms with van der Waals surface area (Å²) in [5, 5.41) is 3.58. The molecule has 2 unspecified atom stereocenters. The van der Waals surface area contributed by atoms with E-state index < -0.39 is 0 Å². The lowest BCUT2D eigenvalue weighted by molar-refractivity contribution is 0.422. The summed E-state index contributed by atoms with van der Waals surface area (Å²) in [6.45, 7) is 28.3. The van der Waals surface area contributed by atoms with E-state index in [-0.39, 0.29) is 0 Å². The molecule has 0 fully saturated rings. The van der Waals surface area contributed by atoms with Crippen LogP contribution in [0.15, 0.2) is 36.5 Å². The van der Waals surface area contributed by atoms with Crippen LogP contribution in [0.4, 0.5) is 5.69 Å². The fourth-order valence-corrected chi connectivity index (χ4v) is 4.77. The third kappa shape index (κ3) is 22.7. The molecule has 0 saturated carbocycles. The number of unbranched alkanes of at least 4 members (excludes halogenated alkanes) is 3. The lowest BCUT2D eigenvalue weighted by atomic mass is 9.92. The van der Waals surface area contributed by atoms with E-state index in [1.54, 1.807) is 0 Å². The minimum atomic E-state index is 0.585. The summed E-state index contributed by atoms with van der Waals surface area (Å²) in [6, 6.07) is 8.96. The topological polar surface area (TPSA) is 12.0 Å². The maximum absolute atomic E-state index is 4.31. The molecule has 0 radical (unpaired) electrons. The molecule has 0 amide bonds. The van der Waals surface area contributed by atoms with Gasteiger partial charge in [-0.2, -0.15) is 0 Å². The Morgan fingerprint density at radius 2 is 1.16 bits per heavy atom. The maximum Gasteiger partial charge on any atom is 0.0384 e. The van der Waals surface area contributed by atoms with Gasteiger partial charge in [-0.3, -0.25) is 0 Å². The summed E-state index contributed by atoms with van der Waals surface area (Å²) in [5.74, 6) is 2.47. The Bertz CT molecular complexity index is 586. The minimum absolute atomic E-state index is 0.585. The maximum atomic E-state index is 4.31. The molecular weight excluding hydrogens is 458 g/mol. The predicted molar refractivity (Wildman–Crippen MR) is 180 cm³/mol. The number of allylic oxidation sites excluding steroid dienone is 1. The van der Waals surface area contributed by atoms with Crippen molar-refractivity contribution in [2.24, 2.45) is 17.8 Å². The molecule has 1 nitrogen and oxygen atoms in total. The van der Waals surface area contributed by atoms with Crippen molar-refractivity contribution in [2.45, 2.75) is 172 Å². The third-order valence-corrected chi connectivity index (χ3v) is 7.63. The molecule has 0 aliphatic heterocycles. The molecule has 1 aromatic rings. The first-order chi connectivity index (χ1) is 18.5. The molecule has 0 aliphatic carbocycles. The van der Waals surface area contributed by atoms with Gasteiger partial charge < -0.3 is 5.32 Å². The van der Waals surface area contributed by atoms with Crippen LogP contribution in [0.3, 0.4) is 0 Å². The van der Waals surface area contributed by atoms with Crippen LogP contribution < -0.4 is 5.32 Å². The van der Waals surface area contributed by atoms with Gasteiger partial charge in [-0.25, -0.2) is 0 Å². The third-order valence-electron chi connectivity index (χ3n) is 7.63. The van der Waals surface area contributed by atoms with Crippen molar-refractivity contribution < 1.29 is 0 Å². The van der Waals surface area contributed by atoms with Gasteiger partial charge in [-0.15, -0.1) is 0 Å². The Labute approximate surface area is 243 Å². The van der Waals surface area contributed by atoms with Gasteiger partial charge in [-0.05, 0) is 61.1 Å². The number of hydrogen-bond acceptors (Lipinski definition) is 1. The second kappa shape index (κ2) is 32.0. The smallest absolute Gasteiger partial charge is 0.0384 e. The predicted octanol–water partition coefficient (Wildman–Crippen LogP) is 13.6. The fraction of sp³-hybridized carbons (Fsp3) is 0.784. The molecule has 1 rings (SSSR count). The lowest BCUT2D eigenvalue weighted by Gasteiger charge is -2.20. The Kier molecular flexibility index (Phi) is 34.7. The van der Waals surface area contributed by atoms with E-state index in [2.05, 4.69) is 84.6 Å². The SMILES string of the molecule is C=C(Nc1cccc(CCC(CC)CCCC)c1)C(CC)CCCC.CC.CC.CCCCC(CC)CC. The normalized spacial score (nSPS) is 11.7. The van der Waals surface area contributed by atoms with Gasteiger partial charge in [0.25, 0.3) is 0 Å². The Hall–Kier alpha value is -1.24. The molecule has 38 heavy (non-hydrogen) atoms. The van der Waals surface area contributed by atoms with E-state index in [4.69, 9.17) is 0 Å². The number of aryl methyl sites for hydroxylation is 1. The molecule has 0 bridgehead atoms. The lowest BCUT2D eigenvalue weighted by Crippen LogP contribution is -2.10. The van der Waals surface area contributed by atoms with E-state index in [0.717, 1.165) is 11.8 Å². The van der Waals surface area contributed by atoms with E-state index in [1.165, 1.54) is 113 Å². The number of rotatable bonds is 19. The highest BCUT2D eigenvalue weighted by Gasteiger charge is 2.11. The van der Waals surface area contributed by atoms with Gasteiger partial charge in [0.15, 0.2) is 0 Å². The van der Waals surface area contributed by atoms with Gasteiger partial charge in [0.05, 0.1) is 0 Å². The van der Waals surface area contributed by atoms with Crippen molar-refractivity contribution >= 4 is 5.69 Å². The molecular formula is C37H73N. The van der Waals surface area contributed by atoms with Crippen molar-refractivity contribution in [3.63, 3.8) is 0 Å². The number of nitrogens with one attached hydrogen (secondary N) is 1. The Balaban J connectivity index is -0.000000789. The van der Waals surface area contributed by atoms with Gasteiger partial charge >= 0.3 is 0 Å². The summed E-state index contributed by atoms with van der Waals surface area (Å²) in [7, 11) is 0. The highest BCUT2D eigenvalue weighted by molar-refractivity contribution is 5.50. The van der Waals surface area contributed by atoms with E-state index in [9.17, 15) is 0 Å². The van der Waals surface area contributed by atoms with Crippen molar-refractivity contribution in [2.75, 3.05) is 5.32 Å². The minimum Gasteiger partial charge on any atom is -0.359 e. The Morgan fingerprint density at radius 1 is 0.658 bits per heavy atom. The zero-order valence-corrected chi connectivity index (χ0v) is 28.4. The second-order valence-corrected chi connectivity index (χ2v) is 10.4. The average molecular weight is 532 g/mol. The largest absolute Gasteiger partial charge is 0.359 e. The molecule has 1 aromatic carbocycles. The zero-order chi connectivity index (χ0) is 29.6. The van der Waals surface area contributed by atoms with Gasteiger partial charge in [0.2, 0.25) is 0 Å². The van der Waals surface area contributed by atoms with Gasteiger partial charge in [0, 0.05) is 11.4 Å². The van der Waals surface area contributed by atoms with Gasteiger partial charge in [0.1, 0.15) is 0 Å². The summed E-state index contributed by atoms with van der Waals surface area (Å²) >= 11 is 0. The molecule has 0 spiro atoms. The molecule has 2 atom stereocenters. The first kappa shape index (κ1) is 41.2. The molecule has 0 aliphatic rings. The molecule has 0 saturated heterocycles. The summed E-state index contributed by atoms with van der Waals surface area (Å²) < 4.78 is 0. The van der Waals surface area contributed by atoms with Crippen molar-refractivity contribution in [1.29, 1.82) is 0 Å². The van der Waals surface area contributed by atoms with Crippen LogP contribution in [0, 0.1) is 17.8 Å². The van der Waals surface area contributed by atoms with Crippen LogP contribution in [-0.2, 0) is 6.42 Å². The van der Waals surface area contributed by atoms with Crippen molar-refractivity contribution in [1.82, 2.24) is 0 Å². The summed E-state index contributed by atoms with van der Waals surface area (Å²) in [6.07, 6.45) is 19.8. The van der Waals surface area contributed by atoms with Crippen molar-refractivity contribution in [3.8, 4) is 0 Å². The summed E-state index contributed by atoms with van der Waals surface area (Å²) in [5.41, 5.74) is 3.84. The van der Waals surface area contributed by atoms with Gasteiger partial charge in [-0.1, -0.05) is 166 Å². The quantitative estimate of drug-likeness (QED) is 0.187. The zero-order valence-electron chi connectivity index (χ0n) is 28.4. The monoisotopic (exact) mass is 532 g/mol. The number of hydrogen-bond donors (Lipinski definition) is 1. The molecule has 1 N–H and O–H groups in total. The number of benzene rings is 1. The molecule has 226 valence electrons. The van der Waals surface area contributed by atoms with Crippen LogP contribution >= 0.6 is 0 Å². The van der Waals surface area contributed by atoms with E-state index in [1.807, 2.05) is 27.7 Å². The Morgan fingerprint density at radius 3 is 1.63 bits per heavy atom. The molecule has 0 heterocycles. The standard InChI is InChI=1S/C24H41N.C9H20.2C2H6/c1-6-10-13-21(8-3)17-18-22-14-12-16-24(19-22)25-20(5)23(9-4)15-11-7-2;1-4-7-8-9(5-2)6-3;2*1-2/h12,14,16,19,21,23,25H,5-11,13,15,17-18H2,1-4H3;9H,4-8H2,1-3H3;2*1-2H3. The van der Waals surface area contributed by atoms with E-state index in [0.29, 0.717) is 5.92 Å². The van der Waals surface area contributed by atoms with Crippen LogP contribution in [0.2, 0.25) is 0 Å². The van der Waals surface area contributed by atoms with Crippen LogP contribution in [-0.4, -0.2) is 0 Å². The van der Waals surface area contributed by atoms with E-state index >= 15 is 0 Å². The number of anilines is 1.